The smallest absolute Gasteiger partial charge is 0.342 e. The predicted octanol–water partition coefficient (Wildman–Crippen LogP) is 3.21. The fourth-order valence-corrected chi connectivity index (χ4v) is 2.21. The lowest BCUT2D eigenvalue weighted by Gasteiger charge is -2.10. The van der Waals surface area contributed by atoms with E-state index in [4.69, 9.17) is 26.3 Å². The molecule has 7 heteroatoms. The monoisotopic (exact) mass is 358 g/mol. The van der Waals surface area contributed by atoms with E-state index in [2.05, 4.69) is 5.32 Å². The molecule has 2 aromatic carbocycles. The second kappa shape index (κ2) is 8.71. The molecule has 0 unspecified atom stereocenters. The van der Waals surface area contributed by atoms with Crippen LogP contribution in [0.5, 0.6) is 5.75 Å². The number of amides is 1. The Labute approximate surface area is 149 Å². The molecule has 0 aliphatic heterocycles. The molecule has 0 aliphatic rings. The molecule has 0 radical (unpaired) electrons. The minimum atomic E-state index is -0.709. The summed E-state index contributed by atoms with van der Waals surface area (Å²) in [5.41, 5.74) is 1.53. The molecule has 2 rings (SSSR count). The number of rotatable bonds is 6. The zero-order chi connectivity index (χ0) is 18.2. The van der Waals surface area contributed by atoms with E-state index in [0.717, 1.165) is 5.56 Å². The number of hydrogen-bond acceptors (Lipinski definition) is 5. The summed E-state index contributed by atoms with van der Waals surface area (Å²) in [5, 5.41) is 11.6. The summed E-state index contributed by atoms with van der Waals surface area (Å²) in [5.74, 6) is -0.885. The number of nitrogens with one attached hydrogen (secondary N) is 1. The van der Waals surface area contributed by atoms with Crippen LogP contribution in [0.4, 0.5) is 5.69 Å². The summed E-state index contributed by atoms with van der Waals surface area (Å²) in [6, 6.07) is 13.4. The number of anilines is 1. The number of hydrogen-bond donors (Lipinski definition) is 1. The topological polar surface area (TPSA) is 88.4 Å². The van der Waals surface area contributed by atoms with Crippen molar-refractivity contribution in [3.63, 3.8) is 0 Å². The summed E-state index contributed by atoms with van der Waals surface area (Å²) < 4.78 is 10.1. The Balaban J connectivity index is 1.92. The second-order valence-electron chi connectivity index (χ2n) is 5.00. The Bertz CT molecular complexity index is 813. The van der Waals surface area contributed by atoms with Crippen molar-refractivity contribution in [1.82, 2.24) is 0 Å². The van der Waals surface area contributed by atoms with Crippen LogP contribution in [0.3, 0.4) is 0 Å². The van der Waals surface area contributed by atoms with Crippen molar-refractivity contribution in [2.45, 2.75) is 6.42 Å². The molecule has 0 saturated heterocycles. The molecule has 0 saturated carbocycles. The van der Waals surface area contributed by atoms with Crippen LogP contribution in [-0.2, 0) is 16.0 Å². The average Bonchev–Trinajstić information content (AvgIpc) is 2.61. The third-order valence-corrected chi connectivity index (χ3v) is 3.47. The lowest BCUT2D eigenvalue weighted by atomic mass is 10.1. The Morgan fingerprint density at radius 3 is 2.56 bits per heavy atom. The van der Waals surface area contributed by atoms with Gasteiger partial charge in [-0.25, -0.2) is 4.79 Å². The van der Waals surface area contributed by atoms with E-state index >= 15 is 0 Å². The summed E-state index contributed by atoms with van der Waals surface area (Å²) >= 11 is 5.86. The second-order valence-corrected chi connectivity index (χ2v) is 5.44. The highest BCUT2D eigenvalue weighted by atomic mass is 35.5. The molecule has 1 amide bonds. The molecule has 0 bridgehead atoms. The molecule has 1 N–H and O–H groups in total. The minimum absolute atomic E-state index is 0.142. The maximum atomic E-state index is 12.1. The first-order chi connectivity index (χ1) is 12.0. The van der Waals surface area contributed by atoms with Gasteiger partial charge in [-0.3, -0.25) is 4.79 Å². The molecule has 0 aromatic heterocycles. The van der Waals surface area contributed by atoms with E-state index in [1.54, 1.807) is 36.4 Å². The van der Waals surface area contributed by atoms with Crippen molar-refractivity contribution in [2.24, 2.45) is 0 Å². The third kappa shape index (κ3) is 5.23. The van der Waals surface area contributed by atoms with Crippen LogP contribution in [0.25, 0.3) is 0 Å². The van der Waals surface area contributed by atoms with Crippen LogP contribution >= 0.6 is 11.6 Å². The normalized spacial score (nSPS) is 9.80. The lowest BCUT2D eigenvalue weighted by molar-refractivity contribution is -0.119. The molecular formula is C18H15ClN2O4. The summed E-state index contributed by atoms with van der Waals surface area (Å²) in [7, 11) is 1.42. The minimum Gasteiger partial charge on any atom is -0.496 e. The van der Waals surface area contributed by atoms with Gasteiger partial charge < -0.3 is 14.8 Å². The van der Waals surface area contributed by atoms with Crippen LogP contribution in [0.1, 0.15) is 15.9 Å². The fraction of sp³-hybridized carbons (Fsp3) is 0.167. The van der Waals surface area contributed by atoms with Crippen molar-refractivity contribution < 1.29 is 19.1 Å². The van der Waals surface area contributed by atoms with Crippen LogP contribution in [0.15, 0.2) is 42.5 Å². The van der Waals surface area contributed by atoms with Gasteiger partial charge in [0.25, 0.3) is 5.91 Å². The molecule has 6 nitrogen and oxygen atoms in total. The van der Waals surface area contributed by atoms with Gasteiger partial charge in [-0.1, -0.05) is 23.7 Å². The largest absolute Gasteiger partial charge is 0.496 e. The standard InChI is InChI=1S/C18H15ClN2O4/c1-24-16-7-4-13(19)10-15(16)18(23)25-11-17(22)21-14-5-2-12(3-6-14)8-9-20/h2-7,10H,8,11H2,1H3,(H,21,22). The number of esters is 1. The number of benzene rings is 2. The van der Waals surface area contributed by atoms with Crippen molar-refractivity contribution in [3.8, 4) is 11.8 Å². The molecule has 0 heterocycles. The quantitative estimate of drug-likeness (QED) is 0.801. The van der Waals surface area contributed by atoms with E-state index < -0.39 is 18.5 Å². The van der Waals surface area contributed by atoms with E-state index in [-0.39, 0.29) is 5.56 Å². The Hall–Kier alpha value is -3.04. The average molecular weight is 359 g/mol. The molecule has 0 fully saturated rings. The van der Waals surface area contributed by atoms with Gasteiger partial charge in [0.1, 0.15) is 11.3 Å². The first-order valence-corrected chi connectivity index (χ1v) is 7.67. The number of nitriles is 1. The number of carbonyl (C=O) groups is 2. The number of methoxy groups -OCH3 is 1. The number of nitrogens with zero attached hydrogens (tertiary/aromatic N) is 1. The summed E-state index contributed by atoms with van der Waals surface area (Å²) in [6.45, 7) is -0.450. The van der Waals surface area contributed by atoms with Crippen molar-refractivity contribution in [2.75, 3.05) is 19.0 Å². The molecule has 0 atom stereocenters. The van der Waals surface area contributed by atoms with E-state index in [9.17, 15) is 9.59 Å². The van der Waals surface area contributed by atoms with Gasteiger partial charge in [0.2, 0.25) is 0 Å². The van der Waals surface area contributed by atoms with Gasteiger partial charge in [0.15, 0.2) is 6.61 Å². The lowest BCUT2D eigenvalue weighted by Crippen LogP contribution is -2.21. The zero-order valence-electron chi connectivity index (χ0n) is 13.4. The highest BCUT2D eigenvalue weighted by Gasteiger charge is 2.16. The Morgan fingerprint density at radius 1 is 1.20 bits per heavy atom. The van der Waals surface area contributed by atoms with Crippen LogP contribution < -0.4 is 10.1 Å². The molecule has 0 spiro atoms. The van der Waals surface area contributed by atoms with Crippen molar-refractivity contribution in [3.05, 3.63) is 58.6 Å². The van der Waals surface area contributed by atoms with Crippen LogP contribution in [-0.4, -0.2) is 25.6 Å². The molecule has 2 aromatic rings. The van der Waals surface area contributed by atoms with E-state index in [0.29, 0.717) is 22.9 Å². The van der Waals surface area contributed by atoms with Crippen molar-refractivity contribution in [1.29, 1.82) is 5.26 Å². The fourth-order valence-electron chi connectivity index (χ4n) is 2.04. The Kier molecular flexibility index (Phi) is 6.38. The van der Waals surface area contributed by atoms with Crippen LogP contribution in [0, 0.1) is 11.3 Å². The van der Waals surface area contributed by atoms with Gasteiger partial charge in [0.05, 0.1) is 19.6 Å². The SMILES string of the molecule is COc1ccc(Cl)cc1C(=O)OCC(=O)Nc1ccc(CC#N)cc1. The first-order valence-electron chi connectivity index (χ1n) is 7.30. The third-order valence-electron chi connectivity index (χ3n) is 3.24. The maximum Gasteiger partial charge on any atom is 0.342 e. The van der Waals surface area contributed by atoms with Gasteiger partial charge in [0, 0.05) is 10.7 Å². The maximum absolute atomic E-state index is 12.1. The number of ether oxygens (including phenoxy) is 2. The van der Waals surface area contributed by atoms with Gasteiger partial charge in [-0.2, -0.15) is 5.26 Å². The summed E-state index contributed by atoms with van der Waals surface area (Å²) in [6.07, 6.45) is 0.299. The highest BCUT2D eigenvalue weighted by Crippen LogP contribution is 2.23. The molecule has 128 valence electrons. The van der Waals surface area contributed by atoms with Gasteiger partial charge in [-0.15, -0.1) is 0 Å². The van der Waals surface area contributed by atoms with Gasteiger partial charge >= 0.3 is 5.97 Å². The zero-order valence-corrected chi connectivity index (χ0v) is 14.2. The van der Waals surface area contributed by atoms with E-state index in [1.807, 2.05) is 6.07 Å². The first kappa shape index (κ1) is 18.3. The number of halogens is 1. The van der Waals surface area contributed by atoms with Crippen LogP contribution in [0.2, 0.25) is 5.02 Å². The number of carbonyl (C=O) groups excluding carboxylic acids is 2. The predicted molar refractivity (Wildman–Crippen MR) is 92.7 cm³/mol. The Morgan fingerprint density at radius 2 is 1.92 bits per heavy atom. The molecular weight excluding hydrogens is 344 g/mol. The summed E-state index contributed by atoms with van der Waals surface area (Å²) in [4.78, 5) is 24.0. The van der Waals surface area contributed by atoms with E-state index in [1.165, 1.54) is 13.2 Å². The van der Waals surface area contributed by atoms with Gasteiger partial charge in [-0.05, 0) is 35.9 Å². The molecule has 25 heavy (non-hydrogen) atoms. The van der Waals surface area contributed by atoms with Crippen molar-refractivity contribution >= 4 is 29.2 Å². The molecule has 0 aliphatic carbocycles. The highest BCUT2D eigenvalue weighted by molar-refractivity contribution is 6.31.